The zero-order valence-electron chi connectivity index (χ0n) is 17.5. The van der Waals surface area contributed by atoms with Crippen LogP contribution in [0.5, 0.6) is 5.75 Å². The standard InChI is InChI=1S/C25H22N2O4/c1-4-27-22-11-7-17(24(29)15(2)26-31-3)13-20(22)21-14-18(8-12-23(21)27)25(30)16-5-9-19(28)10-6-16/h5-14,28H,4H2,1-3H3/b26-15+. The number of carbonyl (C=O) groups excluding carboxylic acids is 2. The quantitative estimate of drug-likeness (QED) is 0.275. The number of phenolic OH excluding ortho intramolecular Hbond substituents is 1. The molecule has 0 aliphatic rings. The van der Waals surface area contributed by atoms with Crippen molar-refractivity contribution in [2.24, 2.45) is 5.16 Å². The first-order valence-electron chi connectivity index (χ1n) is 9.96. The number of hydrogen-bond donors (Lipinski definition) is 1. The second kappa shape index (κ2) is 8.07. The molecule has 1 aromatic heterocycles. The molecule has 156 valence electrons. The molecule has 6 nitrogen and oxygen atoms in total. The van der Waals surface area contributed by atoms with E-state index in [9.17, 15) is 14.7 Å². The number of oxime groups is 1. The molecular weight excluding hydrogens is 392 g/mol. The second-order valence-corrected chi connectivity index (χ2v) is 7.27. The summed E-state index contributed by atoms with van der Waals surface area (Å²) in [5, 5.41) is 15.0. The third kappa shape index (κ3) is 3.57. The normalized spacial score (nSPS) is 11.8. The van der Waals surface area contributed by atoms with E-state index in [1.807, 2.05) is 30.3 Å². The highest BCUT2D eigenvalue weighted by Gasteiger charge is 2.17. The topological polar surface area (TPSA) is 80.9 Å². The van der Waals surface area contributed by atoms with Gasteiger partial charge >= 0.3 is 0 Å². The smallest absolute Gasteiger partial charge is 0.210 e. The highest BCUT2D eigenvalue weighted by atomic mass is 16.6. The van der Waals surface area contributed by atoms with Gasteiger partial charge in [-0.25, -0.2) is 0 Å². The first kappa shape index (κ1) is 20.3. The highest BCUT2D eigenvalue weighted by molar-refractivity contribution is 6.45. The number of hydrogen-bond acceptors (Lipinski definition) is 5. The Morgan fingerprint density at radius 2 is 1.45 bits per heavy atom. The van der Waals surface area contributed by atoms with Crippen LogP contribution in [-0.2, 0) is 11.4 Å². The molecule has 0 aliphatic heterocycles. The minimum absolute atomic E-state index is 0.113. The van der Waals surface area contributed by atoms with Crippen LogP contribution >= 0.6 is 0 Å². The van der Waals surface area contributed by atoms with Crippen LogP contribution in [0.25, 0.3) is 21.8 Å². The van der Waals surface area contributed by atoms with E-state index in [0.29, 0.717) is 16.7 Å². The first-order chi connectivity index (χ1) is 14.9. The van der Waals surface area contributed by atoms with Gasteiger partial charge in [0.05, 0.1) is 0 Å². The SMILES string of the molecule is CCn1c2ccc(C(=O)/C(C)=N/OC)cc2c2cc(C(=O)c3ccc(O)cc3)ccc21. The van der Waals surface area contributed by atoms with Gasteiger partial charge in [-0.3, -0.25) is 9.59 Å². The second-order valence-electron chi connectivity index (χ2n) is 7.27. The number of aromatic nitrogens is 1. The molecule has 0 fully saturated rings. The first-order valence-corrected chi connectivity index (χ1v) is 9.96. The molecule has 0 unspecified atom stereocenters. The Labute approximate surface area is 179 Å². The van der Waals surface area contributed by atoms with Gasteiger partial charge in [0.1, 0.15) is 18.6 Å². The number of benzene rings is 3. The van der Waals surface area contributed by atoms with Crippen molar-refractivity contribution in [3.05, 3.63) is 77.4 Å². The Hall–Kier alpha value is -3.93. The van der Waals surface area contributed by atoms with Gasteiger partial charge in [0.25, 0.3) is 0 Å². The summed E-state index contributed by atoms with van der Waals surface area (Å²) in [6, 6.07) is 17.4. The van der Waals surface area contributed by atoms with Crippen LogP contribution < -0.4 is 0 Å². The molecule has 0 saturated carbocycles. The number of fused-ring (bicyclic) bond motifs is 3. The Balaban J connectivity index is 1.88. The van der Waals surface area contributed by atoms with E-state index in [-0.39, 0.29) is 23.0 Å². The number of nitrogens with zero attached hydrogens (tertiary/aromatic N) is 2. The van der Waals surface area contributed by atoms with E-state index in [2.05, 4.69) is 16.6 Å². The van der Waals surface area contributed by atoms with Gasteiger partial charge in [0.15, 0.2) is 5.78 Å². The molecule has 0 saturated heterocycles. The van der Waals surface area contributed by atoms with Gasteiger partial charge in [-0.1, -0.05) is 5.16 Å². The fraction of sp³-hybridized carbons (Fsp3) is 0.160. The third-order valence-electron chi connectivity index (χ3n) is 5.39. The van der Waals surface area contributed by atoms with Gasteiger partial charge in [0, 0.05) is 45.0 Å². The van der Waals surface area contributed by atoms with E-state index >= 15 is 0 Å². The summed E-state index contributed by atoms with van der Waals surface area (Å²) >= 11 is 0. The Morgan fingerprint density at radius 3 is 2.03 bits per heavy atom. The zero-order chi connectivity index (χ0) is 22.1. The number of Topliss-reactive ketones (excluding diaryl/α,β-unsaturated/α-hetero) is 1. The molecule has 3 aromatic carbocycles. The summed E-state index contributed by atoms with van der Waals surface area (Å²) in [5.74, 6) is -0.227. The van der Waals surface area contributed by atoms with Crippen LogP contribution in [0.15, 0.2) is 65.8 Å². The van der Waals surface area contributed by atoms with E-state index in [0.717, 1.165) is 28.4 Å². The summed E-state index contributed by atoms with van der Waals surface area (Å²) < 4.78 is 2.16. The average Bonchev–Trinajstić information content (AvgIpc) is 3.10. The Bertz CT molecular complexity index is 1350. The maximum Gasteiger partial charge on any atom is 0.210 e. The number of carbonyl (C=O) groups is 2. The third-order valence-corrected chi connectivity index (χ3v) is 5.39. The summed E-state index contributed by atoms with van der Waals surface area (Å²) in [5.41, 5.74) is 3.80. The predicted octanol–water partition coefficient (Wildman–Crippen LogP) is 4.96. The maximum atomic E-state index is 13.0. The number of rotatable bonds is 6. The number of phenols is 1. The lowest BCUT2D eigenvalue weighted by Crippen LogP contribution is -2.10. The zero-order valence-corrected chi connectivity index (χ0v) is 17.5. The fourth-order valence-electron chi connectivity index (χ4n) is 3.89. The van der Waals surface area contributed by atoms with Crippen LogP contribution in [0.4, 0.5) is 0 Å². The lowest BCUT2D eigenvalue weighted by molar-refractivity contribution is 0.103. The molecular formula is C25H22N2O4. The number of aromatic hydroxyl groups is 1. The van der Waals surface area contributed by atoms with Crippen LogP contribution in [0.2, 0.25) is 0 Å². The van der Waals surface area contributed by atoms with Gasteiger partial charge in [-0.2, -0.15) is 0 Å². The molecule has 1 N–H and O–H groups in total. The van der Waals surface area contributed by atoms with Gasteiger partial charge in [-0.15, -0.1) is 0 Å². The minimum atomic E-state index is -0.211. The molecule has 0 amide bonds. The molecule has 0 bridgehead atoms. The summed E-state index contributed by atoms with van der Waals surface area (Å²) in [7, 11) is 1.40. The van der Waals surface area contributed by atoms with Gasteiger partial charge < -0.3 is 14.5 Å². The molecule has 4 aromatic rings. The maximum absolute atomic E-state index is 13.0. The van der Waals surface area contributed by atoms with Crippen LogP contribution in [-0.4, -0.2) is 34.1 Å². The molecule has 4 rings (SSSR count). The number of aryl methyl sites for hydroxylation is 1. The summed E-state index contributed by atoms with van der Waals surface area (Å²) in [6.45, 7) is 4.42. The molecule has 6 heteroatoms. The van der Waals surface area contributed by atoms with Gasteiger partial charge in [-0.05, 0) is 74.5 Å². The lowest BCUT2D eigenvalue weighted by atomic mass is 10.00. The fourth-order valence-corrected chi connectivity index (χ4v) is 3.89. The largest absolute Gasteiger partial charge is 0.508 e. The Morgan fingerprint density at radius 1 is 0.903 bits per heavy atom. The van der Waals surface area contributed by atoms with Crippen molar-refractivity contribution in [3.8, 4) is 5.75 Å². The van der Waals surface area contributed by atoms with Crippen molar-refractivity contribution in [1.29, 1.82) is 0 Å². The van der Waals surface area contributed by atoms with Crippen molar-refractivity contribution < 1.29 is 19.5 Å². The van der Waals surface area contributed by atoms with Crippen LogP contribution in [0.3, 0.4) is 0 Å². The van der Waals surface area contributed by atoms with Crippen LogP contribution in [0, 0.1) is 0 Å². The monoisotopic (exact) mass is 414 g/mol. The molecule has 31 heavy (non-hydrogen) atoms. The van der Waals surface area contributed by atoms with E-state index in [1.165, 1.54) is 19.2 Å². The molecule has 0 atom stereocenters. The lowest BCUT2D eigenvalue weighted by Gasteiger charge is -2.05. The number of ketones is 2. The molecule has 1 heterocycles. The predicted molar refractivity (Wildman–Crippen MR) is 121 cm³/mol. The van der Waals surface area contributed by atoms with Crippen molar-refractivity contribution in [2.45, 2.75) is 20.4 Å². The van der Waals surface area contributed by atoms with Gasteiger partial charge in [0.2, 0.25) is 5.78 Å². The van der Waals surface area contributed by atoms with Crippen molar-refractivity contribution in [1.82, 2.24) is 4.57 Å². The average molecular weight is 414 g/mol. The molecule has 0 spiro atoms. The van der Waals surface area contributed by atoms with E-state index in [1.54, 1.807) is 25.1 Å². The van der Waals surface area contributed by atoms with Crippen molar-refractivity contribution in [2.75, 3.05) is 7.11 Å². The minimum Gasteiger partial charge on any atom is -0.508 e. The Kier molecular flexibility index (Phi) is 5.29. The molecule has 0 aliphatic carbocycles. The van der Waals surface area contributed by atoms with E-state index < -0.39 is 0 Å². The summed E-state index contributed by atoms with van der Waals surface area (Å²) in [4.78, 5) is 30.4. The molecule has 0 radical (unpaired) electrons. The summed E-state index contributed by atoms with van der Waals surface area (Å²) in [6.07, 6.45) is 0. The highest BCUT2D eigenvalue weighted by Crippen LogP contribution is 2.31. The van der Waals surface area contributed by atoms with Crippen LogP contribution in [0.1, 0.15) is 40.1 Å². The van der Waals surface area contributed by atoms with Crippen molar-refractivity contribution in [3.63, 3.8) is 0 Å². The van der Waals surface area contributed by atoms with Crippen molar-refractivity contribution >= 4 is 39.1 Å². The van der Waals surface area contributed by atoms with E-state index in [4.69, 9.17) is 4.84 Å².